The van der Waals surface area contributed by atoms with Gasteiger partial charge in [0.05, 0.1) is 18.0 Å². The minimum Gasteiger partial charge on any atom is -0.383 e. The van der Waals surface area contributed by atoms with E-state index >= 15 is 0 Å². The highest BCUT2D eigenvalue weighted by molar-refractivity contribution is 7.89. The molecule has 0 saturated heterocycles. The van der Waals surface area contributed by atoms with Crippen molar-refractivity contribution in [1.82, 2.24) is 15.4 Å². The summed E-state index contributed by atoms with van der Waals surface area (Å²) >= 11 is 5.82. The van der Waals surface area contributed by atoms with Crippen molar-refractivity contribution in [3.63, 3.8) is 0 Å². The van der Waals surface area contributed by atoms with Crippen LogP contribution in [-0.4, -0.2) is 53.8 Å². The highest BCUT2D eigenvalue weighted by Gasteiger charge is 2.13. The van der Waals surface area contributed by atoms with Crippen LogP contribution in [0.2, 0.25) is 5.02 Å². The minimum absolute atomic E-state index is 0.0935. The summed E-state index contributed by atoms with van der Waals surface area (Å²) in [5.41, 5.74) is 0. The lowest BCUT2D eigenvalue weighted by molar-refractivity contribution is 0.179. The summed E-state index contributed by atoms with van der Waals surface area (Å²) < 4.78 is 31.9. The fraction of sp³-hybridized carbons (Fsp3) is 0.533. The zero-order chi connectivity index (χ0) is 18.0. The monoisotopic (exact) mass is 376 g/mol. The number of ether oxygens (including phenoxy) is 1. The van der Waals surface area contributed by atoms with Gasteiger partial charge >= 0.3 is 0 Å². The first kappa shape index (κ1) is 20.7. The molecule has 0 aromatic heterocycles. The standard InChI is InChI=1S/C15H25ClN4O3S/c1-4-17-15(20-12(2)11-23-3)18-8-9-19-24(21,22)14-7-5-6-13(16)10-14/h5-7,10,12,19H,4,8-9,11H2,1-3H3,(H2,17,18,20). The molecular formula is C15H25ClN4O3S. The molecule has 9 heteroatoms. The smallest absolute Gasteiger partial charge is 0.240 e. The van der Waals surface area contributed by atoms with Gasteiger partial charge in [-0.2, -0.15) is 0 Å². The number of guanidine groups is 1. The van der Waals surface area contributed by atoms with Gasteiger partial charge < -0.3 is 15.4 Å². The number of aliphatic imine (C=N–C) groups is 1. The molecule has 0 aliphatic rings. The van der Waals surface area contributed by atoms with Gasteiger partial charge in [-0.25, -0.2) is 13.1 Å². The summed E-state index contributed by atoms with van der Waals surface area (Å²) in [4.78, 5) is 4.47. The van der Waals surface area contributed by atoms with E-state index in [-0.39, 0.29) is 17.5 Å². The van der Waals surface area contributed by atoms with Crippen molar-refractivity contribution in [2.45, 2.75) is 24.8 Å². The van der Waals surface area contributed by atoms with Gasteiger partial charge in [0.2, 0.25) is 10.0 Å². The van der Waals surface area contributed by atoms with Crippen molar-refractivity contribution < 1.29 is 13.2 Å². The summed E-state index contributed by atoms with van der Waals surface area (Å²) in [6.45, 7) is 5.67. The number of methoxy groups -OCH3 is 1. The molecule has 1 atom stereocenters. The Kier molecular flexibility index (Phi) is 9.05. The van der Waals surface area contributed by atoms with E-state index in [9.17, 15) is 8.42 Å². The van der Waals surface area contributed by atoms with Gasteiger partial charge in [0.1, 0.15) is 0 Å². The number of rotatable bonds is 9. The Hall–Kier alpha value is -1.35. The molecule has 0 fully saturated rings. The zero-order valence-electron chi connectivity index (χ0n) is 14.2. The van der Waals surface area contributed by atoms with E-state index in [0.717, 1.165) is 0 Å². The first-order valence-corrected chi connectivity index (χ1v) is 9.54. The van der Waals surface area contributed by atoms with Crippen molar-refractivity contribution in [3.8, 4) is 0 Å². The lowest BCUT2D eigenvalue weighted by Gasteiger charge is -2.17. The second kappa shape index (κ2) is 10.5. The number of benzene rings is 1. The molecule has 0 saturated carbocycles. The van der Waals surface area contributed by atoms with E-state index in [1.54, 1.807) is 19.2 Å². The van der Waals surface area contributed by atoms with Gasteiger partial charge in [-0.15, -0.1) is 0 Å². The molecule has 1 aromatic rings. The number of nitrogens with zero attached hydrogens (tertiary/aromatic N) is 1. The minimum atomic E-state index is -3.59. The lowest BCUT2D eigenvalue weighted by atomic mass is 10.4. The van der Waals surface area contributed by atoms with Crippen LogP contribution in [0.1, 0.15) is 13.8 Å². The molecule has 0 aliphatic heterocycles. The predicted molar refractivity (Wildman–Crippen MR) is 97.1 cm³/mol. The SMILES string of the molecule is CCNC(=NCCNS(=O)(=O)c1cccc(Cl)c1)NC(C)COC. The van der Waals surface area contributed by atoms with Gasteiger partial charge in [-0.3, -0.25) is 4.99 Å². The maximum absolute atomic E-state index is 12.2. The predicted octanol–water partition coefficient (Wildman–Crippen LogP) is 1.21. The molecule has 1 unspecified atom stereocenters. The third-order valence-corrected chi connectivity index (χ3v) is 4.62. The maximum atomic E-state index is 12.2. The Morgan fingerprint density at radius 1 is 1.42 bits per heavy atom. The summed E-state index contributed by atoms with van der Waals surface area (Å²) in [5, 5.41) is 6.65. The summed E-state index contributed by atoms with van der Waals surface area (Å²) in [6.07, 6.45) is 0. The van der Waals surface area contributed by atoms with Crippen LogP contribution in [0.4, 0.5) is 0 Å². The molecular weight excluding hydrogens is 352 g/mol. The molecule has 3 N–H and O–H groups in total. The lowest BCUT2D eigenvalue weighted by Crippen LogP contribution is -2.44. The van der Waals surface area contributed by atoms with Crippen molar-refractivity contribution in [3.05, 3.63) is 29.3 Å². The fourth-order valence-corrected chi connectivity index (χ4v) is 3.23. The first-order chi connectivity index (χ1) is 11.4. The normalized spacial score (nSPS) is 13.6. The van der Waals surface area contributed by atoms with Crippen LogP contribution in [-0.2, 0) is 14.8 Å². The highest BCUT2D eigenvalue weighted by atomic mass is 35.5. The second-order valence-corrected chi connectivity index (χ2v) is 7.32. The van der Waals surface area contributed by atoms with E-state index in [4.69, 9.17) is 16.3 Å². The van der Waals surface area contributed by atoms with Crippen LogP contribution in [0, 0.1) is 0 Å². The Balaban J connectivity index is 2.57. The van der Waals surface area contributed by atoms with E-state index in [2.05, 4.69) is 20.3 Å². The van der Waals surface area contributed by atoms with E-state index < -0.39 is 10.0 Å². The maximum Gasteiger partial charge on any atom is 0.240 e. The van der Waals surface area contributed by atoms with E-state index in [1.165, 1.54) is 12.1 Å². The third kappa shape index (κ3) is 7.48. The average Bonchev–Trinajstić information content (AvgIpc) is 2.52. The largest absolute Gasteiger partial charge is 0.383 e. The molecule has 0 aliphatic carbocycles. The summed E-state index contributed by atoms with van der Waals surface area (Å²) in [6, 6.07) is 6.22. The number of nitrogens with one attached hydrogen (secondary N) is 3. The molecule has 7 nitrogen and oxygen atoms in total. The Bertz CT molecular complexity index is 637. The van der Waals surface area contributed by atoms with E-state index in [1.807, 2.05) is 13.8 Å². The molecule has 1 rings (SSSR count). The van der Waals surface area contributed by atoms with Crippen molar-refractivity contribution in [1.29, 1.82) is 0 Å². The topological polar surface area (TPSA) is 91.8 Å². The average molecular weight is 377 g/mol. The zero-order valence-corrected chi connectivity index (χ0v) is 15.7. The molecule has 0 radical (unpaired) electrons. The van der Waals surface area contributed by atoms with Gasteiger partial charge in [0.15, 0.2) is 5.96 Å². The Morgan fingerprint density at radius 3 is 2.79 bits per heavy atom. The molecule has 0 amide bonds. The van der Waals surface area contributed by atoms with Crippen LogP contribution in [0.3, 0.4) is 0 Å². The number of sulfonamides is 1. The Morgan fingerprint density at radius 2 is 2.17 bits per heavy atom. The van der Waals surface area contributed by atoms with Gasteiger partial charge in [0, 0.05) is 31.3 Å². The van der Waals surface area contributed by atoms with Gasteiger partial charge in [-0.05, 0) is 32.0 Å². The van der Waals surface area contributed by atoms with Crippen LogP contribution in [0.25, 0.3) is 0 Å². The second-order valence-electron chi connectivity index (χ2n) is 5.12. The molecule has 0 bridgehead atoms. The van der Waals surface area contributed by atoms with Crippen LogP contribution < -0.4 is 15.4 Å². The Labute approximate surface area is 148 Å². The van der Waals surface area contributed by atoms with Crippen molar-refractivity contribution >= 4 is 27.6 Å². The van der Waals surface area contributed by atoms with Crippen molar-refractivity contribution in [2.24, 2.45) is 4.99 Å². The van der Waals surface area contributed by atoms with Crippen LogP contribution in [0.15, 0.2) is 34.2 Å². The summed E-state index contributed by atoms with van der Waals surface area (Å²) in [7, 11) is -1.96. The van der Waals surface area contributed by atoms with Gasteiger partial charge in [0.25, 0.3) is 0 Å². The van der Waals surface area contributed by atoms with Crippen LogP contribution in [0.5, 0.6) is 0 Å². The molecule has 1 aromatic carbocycles. The van der Waals surface area contributed by atoms with Gasteiger partial charge in [-0.1, -0.05) is 17.7 Å². The van der Waals surface area contributed by atoms with Crippen LogP contribution >= 0.6 is 11.6 Å². The quantitative estimate of drug-likeness (QED) is 0.342. The first-order valence-electron chi connectivity index (χ1n) is 7.68. The fourth-order valence-electron chi connectivity index (χ4n) is 1.91. The third-order valence-electron chi connectivity index (χ3n) is 2.92. The van der Waals surface area contributed by atoms with E-state index in [0.29, 0.717) is 30.7 Å². The summed E-state index contributed by atoms with van der Waals surface area (Å²) in [5.74, 6) is 0.615. The molecule has 0 heterocycles. The molecule has 0 spiro atoms. The molecule has 24 heavy (non-hydrogen) atoms. The van der Waals surface area contributed by atoms with Crippen molar-refractivity contribution in [2.75, 3.05) is 33.4 Å². The number of hydrogen-bond acceptors (Lipinski definition) is 4. The molecule has 136 valence electrons. The number of hydrogen-bond donors (Lipinski definition) is 3. The highest BCUT2D eigenvalue weighted by Crippen LogP contribution is 2.14. The number of halogens is 1.